The van der Waals surface area contributed by atoms with E-state index in [1.54, 1.807) is 6.33 Å². The van der Waals surface area contributed by atoms with Gasteiger partial charge in [-0.15, -0.1) is 0 Å². The highest BCUT2D eigenvalue weighted by atomic mass is 32.2. The summed E-state index contributed by atoms with van der Waals surface area (Å²) < 4.78 is 0. The van der Waals surface area contributed by atoms with Crippen LogP contribution in [0.4, 0.5) is 11.6 Å². The average molecular weight is 252 g/mol. The van der Waals surface area contributed by atoms with Crippen molar-refractivity contribution in [3.8, 4) is 0 Å². The van der Waals surface area contributed by atoms with Crippen molar-refractivity contribution in [2.24, 2.45) is 0 Å². The molecule has 0 amide bonds. The largest absolute Gasteiger partial charge is 0.370 e. The second-order valence-electron chi connectivity index (χ2n) is 4.23. The van der Waals surface area contributed by atoms with Crippen molar-refractivity contribution in [2.45, 2.75) is 31.4 Å². The van der Waals surface area contributed by atoms with E-state index in [9.17, 15) is 0 Å². The second-order valence-corrected chi connectivity index (χ2v) is 5.64. The summed E-state index contributed by atoms with van der Waals surface area (Å²) in [6.07, 6.45) is 5.39. The number of hydrogen-bond acceptors (Lipinski definition) is 5. The summed E-state index contributed by atoms with van der Waals surface area (Å²) >= 11 is 2.06. The highest BCUT2D eigenvalue weighted by molar-refractivity contribution is 8.00. The molecule has 1 saturated heterocycles. The molecule has 1 fully saturated rings. The predicted molar refractivity (Wildman–Crippen MR) is 74.8 cm³/mol. The molecule has 2 heterocycles. The molecule has 1 aliphatic heterocycles. The minimum atomic E-state index is 0.747. The zero-order valence-corrected chi connectivity index (χ0v) is 11.1. The summed E-state index contributed by atoms with van der Waals surface area (Å²) in [7, 11) is 0. The first kappa shape index (κ1) is 12.5. The Morgan fingerprint density at radius 3 is 2.88 bits per heavy atom. The van der Waals surface area contributed by atoms with Crippen molar-refractivity contribution < 1.29 is 0 Å². The molecule has 17 heavy (non-hydrogen) atoms. The molecule has 0 spiro atoms. The average Bonchev–Trinajstić information content (AvgIpc) is 2.87. The highest BCUT2D eigenvalue weighted by Crippen LogP contribution is 2.26. The van der Waals surface area contributed by atoms with Gasteiger partial charge >= 0.3 is 0 Å². The summed E-state index contributed by atoms with van der Waals surface area (Å²) in [6, 6.07) is 1.98. The number of nitrogens with one attached hydrogen (secondary N) is 2. The Bertz CT molecular complexity index is 339. The molecule has 1 atom stereocenters. The van der Waals surface area contributed by atoms with Gasteiger partial charge in [0.2, 0.25) is 0 Å². The van der Waals surface area contributed by atoms with Crippen LogP contribution in [-0.4, -0.2) is 34.1 Å². The lowest BCUT2D eigenvalue weighted by Crippen LogP contribution is -2.14. The second kappa shape index (κ2) is 6.69. The van der Waals surface area contributed by atoms with E-state index in [0.29, 0.717) is 0 Å². The molecule has 2 rings (SSSR count). The van der Waals surface area contributed by atoms with Crippen LogP contribution >= 0.6 is 11.8 Å². The number of nitrogens with zero attached hydrogens (tertiary/aromatic N) is 2. The van der Waals surface area contributed by atoms with Gasteiger partial charge in [0.1, 0.15) is 18.0 Å². The van der Waals surface area contributed by atoms with Gasteiger partial charge in [0.05, 0.1) is 0 Å². The molecule has 0 saturated carbocycles. The summed E-state index contributed by atoms with van der Waals surface area (Å²) in [5, 5.41) is 7.41. The van der Waals surface area contributed by atoms with Gasteiger partial charge in [-0.2, -0.15) is 11.8 Å². The first-order chi connectivity index (χ1) is 8.38. The maximum Gasteiger partial charge on any atom is 0.131 e. The van der Waals surface area contributed by atoms with Crippen LogP contribution in [0.1, 0.15) is 26.2 Å². The van der Waals surface area contributed by atoms with E-state index < -0.39 is 0 Å². The van der Waals surface area contributed by atoms with E-state index >= 15 is 0 Å². The molecule has 1 unspecified atom stereocenters. The smallest absolute Gasteiger partial charge is 0.131 e. The lowest BCUT2D eigenvalue weighted by Gasteiger charge is -2.11. The number of hydrogen-bond donors (Lipinski definition) is 2. The topological polar surface area (TPSA) is 49.8 Å². The fourth-order valence-electron chi connectivity index (χ4n) is 1.83. The Kier molecular flexibility index (Phi) is 4.91. The third-order valence-corrected chi connectivity index (χ3v) is 4.16. The third-order valence-electron chi connectivity index (χ3n) is 2.76. The van der Waals surface area contributed by atoms with Crippen LogP contribution in [0, 0.1) is 0 Å². The summed E-state index contributed by atoms with van der Waals surface area (Å²) in [6.45, 7) is 4.11. The minimum Gasteiger partial charge on any atom is -0.370 e. The van der Waals surface area contributed by atoms with Crippen molar-refractivity contribution in [1.82, 2.24) is 9.97 Å². The fraction of sp³-hybridized carbons (Fsp3) is 0.667. The predicted octanol–water partition coefficient (Wildman–Crippen LogP) is 2.61. The maximum atomic E-state index is 4.24. The van der Waals surface area contributed by atoms with Crippen LogP contribution in [0.15, 0.2) is 12.4 Å². The number of rotatable bonds is 6. The highest BCUT2D eigenvalue weighted by Gasteiger charge is 2.15. The Morgan fingerprint density at radius 2 is 2.18 bits per heavy atom. The zero-order chi connectivity index (χ0) is 11.9. The number of aromatic nitrogens is 2. The Balaban J connectivity index is 1.82. The summed E-state index contributed by atoms with van der Waals surface area (Å²) in [5.74, 6) is 3.13. The van der Waals surface area contributed by atoms with E-state index in [0.717, 1.165) is 36.4 Å². The Morgan fingerprint density at radius 1 is 1.35 bits per heavy atom. The zero-order valence-electron chi connectivity index (χ0n) is 10.3. The van der Waals surface area contributed by atoms with Gasteiger partial charge in [0.15, 0.2) is 0 Å². The SMILES string of the molecule is CCCNc1cc(NCC2CCCS2)ncn1. The van der Waals surface area contributed by atoms with Gasteiger partial charge < -0.3 is 10.6 Å². The van der Waals surface area contributed by atoms with Crippen LogP contribution in [0.5, 0.6) is 0 Å². The van der Waals surface area contributed by atoms with Gasteiger partial charge in [0, 0.05) is 24.4 Å². The molecule has 94 valence electrons. The number of thioether (sulfide) groups is 1. The Hall–Kier alpha value is -0.970. The van der Waals surface area contributed by atoms with E-state index in [-0.39, 0.29) is 0 Å². The molecule has 0 aliphatic carbocycles. The van der Waals surface area contributed by atoms with Crippen molar-refractivity contribution in [3.05, 3.63) is 12.4 Å². The van der Waals surface area contributed by atoms with E-state index in [1.807, 2.05) is 6.07 Å². The molecule has 0 radical (unpaired) electrons. The van der Waals surface area contributed by atoms with Crippen molar-refractivity contribution >= 4 is 23.4 Å². The molecule has 1 aromatic heterocycles. The van der Waals surface area contributed by atoms with Crippen LogP contribution in [0.3, 0.4) is 0 Å². The molecule has 0 bridgehead atoms. The van der Waals surface area contributed by atoms with Crippen LogP contribution < -0.4 is 10.6 Å². The molecule has 1 aliphatic rings. The molecule has 0 aromatic carbocycles. The first-order valence-corrected chi connectivity index (χ1v) is 7.34. The molecule has 1 aromatic rings. The summed E-state index contributed by atoms with van der Waals surface area (Å²) in [5.41, 5.74) is 0. The van der Waals surface area contributed by atoms with Gasteiger partial charge in [-0.3, -0.25) is 0 Å². The van der Waals surface area contributed by atoms with Gasteiger partial charge in [-0.25, -0.2) is 9.97 Å². The molecular formula is C12H20N4S. The summed E-state index contributed by atoms with van der Waals surface area (Å²) in [4.78, 5) is 8.43. The lowest BCUT2D eigenvalue weighted by molar-refractivity contribution is 0.803. The number of anilines is 2. The van der Waals surface area contributed by atoms with Crippen molar-refractivity contribution in [2.75, 3.05) is 29.5 Å². The molecular weight excluding hydrogens is 232 g/mol. The lowest BCUT2D eigenvalue weighted by atomic mass is 10.2. The van der Waals surface area contributed by atoms with E-state index in [2.05, 4.69) is 39.3 Å². The molecule has 4 nitrogen and oxygen atoms in total. The van der Waals surface area contributed by atoms with Crippen LogP contribution in [0.25, 0.3) is 0 Å². The van der Waals surface area contributed by atoms with Crippen molar-refractivity contribution in [3.63, 3.8) is 0 Å². The van der Waals surface area contributed by atoms with Crippen molar-refractivity contribution in [1.29, 1.82) is 0 Å². The standard InChI is InChI=1S/C12H20N4S/c1-2-5-13-11-7-12(16-9-15-11)14-8-10-4-3-6-17-10/h7,9-10H,2-6,8H2,1H3,(H2,13,14,15,16). The normalized spacial score (nSPS) is 19.2. The third kappa shape index (κ3) is 4.07. The monoisotopic (exact) mass is 252 g/mol. The maximum absolute atomic E-state index is 4.24. The molecule has 2 N–H and O–H groups in total. The van der Waals surface area contributed by atoms with Crippen LogP contribution in [0.2, 0.25) is 0 Å². The van der Waals surface area contributed by atoms with Gasteiger partial charge in [0.25, 0.3) is 0 Å². The van der Waals surface area contributed by atoms with E-state index in [4.69, 9.17) is 0 Å². The Labute approximate surface area is 107 Å². The quantitative estimate of drug-likeness (QED) is 0.815. The first-order valence-electron chi connectivity index (χ1n) is 6.30. The van der Waals surface area contributed by atoms with E-state index in [1.165, 1.54) is 18.6 Å². The van der Waals surface area contributed by atoms with Gasteiger partial charge in [-0.1, -0.05) is 6.92 Å². The fourth-order valence-corrected chi connectivity index (χ4v) is 3.03. The molecule has 5 heteroatoms. The van der Waals surface area contributed by atoms with Gasteiger partial charge in [-0.05, 0) is 25.0 Å². The van der Waals surface area contributed by atoms with Crippen LogP contribution in [-0.2, 0) is 0 Å². The minimum absolute atomic E-state index is 0.747.